The molecule has 0 N–H and O–H groups in total. The molecule has 2 aliphatic rings. The number of rotatable bonds is 2. The maximum Gasteiger partial charge on any atom is 0.257 e. The van der Waals surface area contributed by atoms with Gasteiger partial charge in [0, 0.05) is 19.3 Å². The predicted molar refractivity (Wildman–Crippen MR) is 72.9 cm³/mol. The minimum Gasteiger partial charge on any atom is -0.338 e. The van der Waals surface area contributed by atoms with E-state index in [1.807, 2.05) is 18.7 Å². The second kappa shape index (κ2) is 4.91. The number of amides is 1. The van der Waals surface area contributed by atoms with Gasteiger partial charge in [0.05, 0.1) is 11.3 Å². The molecule has 0 aromatic carbocycles. The normalized spacial score (nSPS) is 25.7. The number of aromatic nitrogens is 2. The second-order valence-electron chi connectivity index (χ2n) is 5.79. The van der Waals surface area contributed by atoms with Gasteiger partial charge in [-0.25, -0.2) is 9.97 Å². The SMILES string of the molecule is CCc1nc(C)ncc1C(=O)N1C[C@@H]2CCC[C@H]2C1. The number of aryl methyl sites for hydroxylation is 2. The molecule has 1 saturated heterocycles. The fraction of sp³-hybridized carbons (Fsp3) is 0.667. The minimum absolute atomic E-state index is 0.131. The zero-order valence-corrected chi connectivity index (χ0v) is 11.7. The molecule has 0 unspecified atom stereocenters. The quantitative estimate of drug-likeness (QED) is 0.818. The molecule has 3 rings (SSSR count). The van der Waals surface area contributed by atoms with E-state index in [4.69, 9.17) is 0 Å². The average Bonchev–Trinajstić information content (AvgIpc) is 2.98. The first-order chi connectivity index (χ1) is 9.19. The van der Waals surface area contributed by atoms with Gasteiger partial charge in [0.1, 0.15) is 5.82 Å². The van der Waals surface area contributed by atoms with Crippen molar-refractivity contribution in [3.05, 3.63) is 23.3 Å². The highest BCUT2D eigenvalue weighted by atomic mass is 16.2. The van der Waals surface area contributed by atoms with Crippen molar-refractivity contribution in [3.63, 3.8) is 0 Å². The van der Waals surface area contributed by atoms with Gasteiger partial charge < -0.3 is 4.90 Å². The molecule has 2 fully saturated rings. The lowest BCUT2D eigenvalue weighted by Crippen LogP contribution is -2.30. The molecule has 1 amide bonds. The molecule has 4 nitrogen and oxygen atoms in total. The molecule has 102 valence electrons. The van der Waals surface area contributed by atoms with Crippen molar-refractivity contribution in [1.29, 1.82) is 0 Å². The summed E-state index contributed by atoms with van der Waals surface area (Å²) in [6.07, 6.45) is 6.41. The molecular weight excluding hydrogens is 238 g/mol. The summed E-state index contributed by atoms with van der Waals surface area (Å²) in [5, 5.41) is 0. The van der Waals surface area contributed by atoms with Gasteiger partial charge in [0.2, 0.25) is 0 Å². The van der Waals surface area contributed by atoms with E-state index >= 15 is 0 Å². The smallest absolute Gasteiger partial charge is 0.257 e. The molecule has 1 aromatic rings. The monoisotopic (exact) mass is 259 g/mol. The highest BCUT2D eigenvalue weighted by Crippen LogP contribution is 2.38. The molecule has 0 spiro atoms. The second-order valence-corrected chi connectivity index (χ2v) is 5.79. The van der Waals surface area contributed by atoms with Gasteiger partial charge in [0.15, 0.2) is 0 Å². The van der Waals surface area contributed by atoms with E-state index in [1.165, 1.54) is 19.3 Å². The molecule has 1 aromatic heterocycles. The molecule has 4 heteroatoms. The Morgan fingerprint density at radius 1 is 1.37 bits per heavy atom. The number of nitrogens with zero attached hydrogens (tertiary/aromatic N) is 3. The van der Waals surface area contributed by atoms with Crippen LogP contribution in [0, 0.1) is 18.8 Å². The summed E-state index contributed by atoms with van der Waals surface area (Å²) < 4.78 is 0. The summed E-state index contributed by atoms with van der Waals surface area (Å²) in [6.45, 7) is 5.77. The molecular formula is C15H21N3O. The number of likely N-dealkylation sites (tertiary alicyclic amines) is 1. The number of hydrogen-bond donors (Lipinski definition) is 0. The van der Waals surface area contributed by atoms with Gasteiger partial charge in [-0.1, -0.05) is 13.3 Å². The molecule has 0 radical (unpaired) electrons. The van der Waals surface area contributed by atoms with Gasteiger partial charge in [-0.3, -0.25) is 4.79 Å². The van der Waals surface area contributed by atoms with Crippen molar-refractivity contribution in [2.24, 2.45) is 11.8 Å². The van der Waals surface area contributed by atoms with E-state index in [-0.39, 0.29) is 5.91 Å². The predicted octanol–water partition coefficient (Wildman–Crippen LogP) is 2.22. The fourth-order valence-electron chi connectivity index (χ4n) is 3.54. The summed E-state index contributed by atoms with van der Waals surface area (Å²) in [4.78, 5) is 23.2. The Labute approximate surface area is 114 Å². The van der Waals surface area contributed by atoms with E-state index in [2.05, 4.69) is 9.97 Å². The lowest BCUT2D eigenvalue weighted by atomic mass is 10.0. The fourth-order valence-corrected chi connectivity index (χ4v) is 3.54. The van der Waals surface area contributed by atoms with Crippen LogP contribution in [0.5, 0.6) is 0 Å². The minimum atomic E-state index is 0.131. The summed E-state index contributed by atoms with van der Waals surface area (Å²) in [5.41, 5.74) is 1.59. The third-order valence-corrected chi connectivity index (χ3v) is 4.57. The molecule has 1 saturated carbocycles. The van der Waals surface area contributed by atoms with Crippen LogP contribution in [0.15, 0.2) is 6.20 Å². The van der Waals surface area contributed by atoms with Crippen molar-refractivity contribution in [2.75, 3.05) is 13.1 Å². The Balaban J connectivity index is 1.81. The van der Waals surface area contributed by atoms with Crippen LogP contribution >= 0.6 is 0 Å². The van der Waals surface area contributed by atoms with E-state index in [1.54, 1.807) is 6.20 Å². The Hall–Kier alpha value is -1.45. The van der Waals surface area contributed by atoms with Gasteiger partial charge in [-0.2, -0.15) is 0 Å². The molecule has 19 heavy (non-hydrogen) atoms. The summed E-state index contributed by atoms with van der Waals surface area (Å²) in [5.74, 6) is 2.35. The van der Waals surface area contributed by atoms with Crippen LogP contribution in [0.3, 0.4) is 0 Å². The summed E-state index contributed by atoms with van der Waals surface area (Å²) in [6, 6.07) is 0. The standard InChI is InChI=1S/C15H21N3O/c1-3-14-13(7-16-10(2)17-14)15(19)18-8-11-5-4-6-12(11)9-18/h7,11-12H,3-6,8-9H2,1-2H3/t11-,12-/m0/s1. The lowest BCUT2D eigenvalue weighted by molar-refractivity contribution is 0.0778. The van der Waals surface area contributed by atoms with Crippen molar-refractivity contribution in [2.45, 2.75) is 39.5 Å². The maximum atomic E-state index is 12.6. The Bertz CT molecular complexity index is 488. The van der Waals surface area contributed by atoms with Gasteiger partial charge in [0.25, 0.3) is 5.91 Å². The molecule has 0 bridgehead atoms. The highest BCUT2D eigenvalue weighted by Gasteiger charge is 2.38. The molecule has 1 aliphatic heterocycles. The van der Waals surface area contributed by atoms with Crippen LogP contribution in [0.1, 0.15) is 48.1 Å². The first-order valence-corrected chi connectivity index (χ1v) is 7.30. The van der Waals surface area contributed by atoms with Crippen molar-refractivity contribution in [1.82, 2.24) is 14.9 Å². The van der Waals surface area contributed by atoms with Crippen molar-refractivity contribution in [3.8, 4) is 0 Å². The topological polar surface area (TPSA) is 46.1 Å². The zero-order valence-electron chi connectivity index (χ0n) is 11.7. The number of carbonyl (C=O) groups excluding carboxylic acids is 1. The first kappa shape index (κ1) is 12.6. The van der Waals surface area contributed by atoms with Crippen molar-refractivity contribution < 1.29 is 4.79 Å². The maximum absolute atomic E-state index is 12.6. The highest BCUT2D eigenvalue weighted by molar-refractivity contribution is 5.95. The van der Waals surface area contributed by atoms with E-state index in [9.17, 15) is 4.79 Å². The number of hydrogen-bond acceptors (Lipinski definition) is 3. The average molecular weight is 259 g/mol. The van der Waals surface area contributed by atoms with Crippen LogP contribution in [0.4, 0.5) is 0 Å². The van der Waals surface area contributed by atoms with Crippen molar-refractivity contribution >= 4 is 5.91 Å². The first-order valence-electron chi connectivity index (χ1n) is 7.30. The van der Waals surface area contributed by atoms with Gasteiger partial charge in [-0.15, -0.1) is 0 Å². The van der Waals surface area contributed by atoms with E-state index in [0.717, 1.165) is 42.9 Å². The van der Waals surface area contributed by atoms with Crippen LogP contribution < -0.4 is 0 Å². The number of carbonyl (C=O) groups is 1. The molecule has 1 aliphatic carbocycles. The summed E-state index contributed by atoms with van der Waals surface area (Å²) >= 11 is 0. The van der Waals surface area contributed by atoms with Crippen LogP contribution in [0.2, 0.25) is 0 Å². The van der Waals surface area contributed by atoms with Gasteiger partial charge in [-0.05, 0) is 38.0 Å². The Morgan fingerprint density at radius 2 is 2.05 bits per heavy atom. The van der Waals surface area contributed by atoms with E-state index in [0.29, 0.717) is 5.56 Å². The lowest BCUT2D eigenvalue weighted by Gasteiger charge is -2.18. The third-order valence-electron chi connectivity index (χ3n) is 4.57. The van der Waals surface area contributed by atoms with E-state index < -0.39 is 0 Å². The number of fused-ring (bicyclic) bond motifs is 1. The molecule has 2 heterocycles. The van der Waals surface area contributed by atoms with Crippen LogP contribution in [-0.2, 0) is 6.42 Å². The van der Waals surface area contributed by atoms with Gasteiger partial charge >= 0.3 is 0 Å². The molecule has 2 atom stereocenters. The van der Waals surface area contributed by atoms with Crippen LogP contribution in [0.25, 0.3) is 0 Å². The summed E-state index contributed by atoms with van der Waals surface area (Å²) in [7, 11) is 0. The Kier molecular flexibility index (Phi) is 3.25. The third kappa shape index (κ3) is 2.24. The largest absolute Gasteiger partial charge is 0.338 e. The zero-order chi connectivity index (χ0) is 13.4. The van der Waals surface area contributed by atoms with Crippen LogP contribution in [-0.4, -0.2) is 33.9 Å². The Morgan fingerprint density at radius 3 is 2.68 bits per heavy atom.